The highest BCUT2D eigenvalue weighted by molar-refractivity contribution is 5.27. The number of methoxy groups -OCH3 is 1. The molecule has 0 bridgehead atoms. The molecule has 1 aromatic carbocycles. The van der Waals surface area contributed by atoms with E-state index in [0.29, 0.717) is 11.3 Å². The number of rotatable bonds is 3. The fourth-order valence-corrected chi connectivity index (χ4v) is 1.08. The molecule has 0 aromatic heterocycles. The molecule has 0 unspecified atom stereocenters. The Bertz CT molecular complexity index is 276. The van der Waals surface area contributed by atoms with Crippen LogP contribution < -0.4 is 4.74 Å². The Morgan fingerprint density at radius 3 is 2.14 bits per heavy atom. The second-order valence-corrected chi connectivity index (χ2v) is 2.96. The van der Waals surface area contributed by atoms with Crippen LogP contribution in [0.2, 0.25) is 0 Å². The van der Waals surface area contributed by atoms with Crippen molar-refractivity contribution < 1.29 is 17.9 Å². The van der Waals surface area contributed by atoms with Gasteiger partial charge in [0.25, 0.3) is 0 Å². The van der Waals surface area contributed by atoms with Gasteiger partial charge in [-0.3, -0.25) is 0 Å². The van der Waals surface area contributed by atoms with Crippen LogP contribution in [0.15, 0.2) is 24.3 Å². The molecule has 14 heavy (non-hydrogen) atoms. The zero-order valence-corrected chi connectivity index (χ0v) is 7.77. The Labute approximate surface area is 80.5 Å². The highest BCUT2D eigenvalue weighted by Crippen LogP contribution is 2.22. The van der Waals surface area contributed by atoms with E-state index in [4.69, 9.17) is 4.74 Å². The molecule has 0 aliphatic rings. The van der Waals surface area contributed by atoms with Crippen LogP contribution in [0.1, 0.15) is 12.0 Å². The summed E-state index contributed by atoms with van der Waals surface area (Å²) in [5.74, 6) is 0.653. The Morgan fingerprint density at radius 2 is 1.71 bits per heavy atom. The summed E-state index contributed by atoms with van der Waals surface area (Å²) in [7, 11) is 1.52. The minimum atomic E-state index is -4.08. The quantitative estimate of drug-likeness (QED) is 0.734. The van der Waals surface area contributed by atoms with Crippen molar-refractivity contribution in [3.63, 3.8) is 0 Å². The smallest absolute Gasteiger partial charge is 0.389 e. The van der Waals surface area contributed by atoms with Gasteiger partial charge in [0.1, 0.15) is 5.75 Å². The molecular weight excluding hydrogens is 193 g/mol. The molecular formula is C10H11F3O. The molecule has 0 spiro atoms. The van der Waals surface area contributed by atoms with E-state index in [1.807, 2.05) is 0 Å². The number of alkyl halides is 3. The third-order valence-electron chi connectivity index (χ3n) is 1.86. The van der Waals surface area contributed by atoms with Gasteiger partial charge in [-0.25, -0.2) is 0 Å². The maximum absolute atomic E-state index is 11.9. The van der Waals surface area contributed by atoms with E-state index in [1.54, 1.807) is 24.3 Å². The second kappa shape index (κ2) is 4.35. The molecule has 0 saturated heterocycles. The minimum absolute atomic E-state index is 0.0213. The molecule has 0 N–H and O–H groups in total. The maximum atomic E-state index is 11.9. The molecule has 0 saturated carbocycles. The summed E-state index contributed by atoms with van der Waals surface area (Å²) in [6.07, 6.45) is -4.84. The van der Waals surface area contributed by atoms with E-state index in [-0.39, 0.29) is 6.42 Å². The summed E-state index contributed by atoms with van der Waals surface area (Å²) < 4.78 is 40.5. The van der Waals surface area contributed by atoms with Crippen LogP contribution in [-0.2, 0) is 6.42 Å². The fraction of sp³-hybridized carbons (Fsp3) is 0.400. The van der Waals surface area contributed by atoms with Gasteiger partial charge >= 0.3 is 6.18 Å². The van der Waals surface area contributed by atoms with Gasteiger partial charge in [0.05, 0.1) is 7.11 Å². The van der Waals surface area contributed by atoms with Gasteiger partial charge < -0.3 is 4.74 Å². The lowest BCUT2D eigenvalue weighted by atomic mass is 10.1. The Hall–Kier alpha value is -1.19. The van der Waals surface area contributed by atoms with Crippen LogP contribution in [-0.4, -0.2) is 13.3 Å². The number of ether oxygens (including phenoxy) is 1. The van der Waals surface area contributed by atoms with Gasteiger partial charge in [-0.05, 0) is 24.1 Å². The summed E-state index contributed by atoms with van der Waals surface area (Å²) in [6.45, 7) is 0. The van der Waals surface area contributed by atoms with Crippen molar-refractivity contribution in [1.29, 1.82) is 0 Å². The monoisotopic (exact) mass is 204 g/mol. The molecule has 0 heterocycles. The fourth-order valence-electron chi connectivity index (χ4n) is 1.08. The predicted molar refractivity (Wildman–Crippen MR) is 47.4 cm³/mol. The largest absolute Gasteiger partial charge is 0.497 e. The van der Waals surface area contributed by atoms with Crippen LogP contribution in [0.3, 0.4) is 0 Å². The molecule has 0 fully saturated rings. The van der Waals surface area contributed by atoms with Gasteiger partial charge in [-0.15, -0.1) is 0 Å². The highest BCUT2D eigenvalue weighted by atomic mass is 19.4. The number of halogens is 3. The highest BCUT2D eigenvalue weighted by Gasteiger charge is 2.26. The maximum Gasteiger partial charge on any atom is 0.389 e. The van der Waals surface area contributed by atoms with Crippen molar-refractivity contribution in [1.82, 2.24) is 0 Å². The van der Waals surface area contributed by atoms with Crippen molar-refractivity contribution in [2.24, 2.45) is 0 Å². The van der Waals surface area contributed by atoms with E-state index >= 15 is 0 Å². The Balaban J connectivity index is 2.52. The number of hydrogen-bond donors (Lipinski definition) is 0. The first-order valence-corrected chi connectivity index (χ1v) is 4.21. The number of hydrogen-bond acceptors (Lipinski definition) is 1. The normalized spacial score (nSPS) is 11.4. The third kappa shape index (κ3) is 3.68. The molecule has 4 heteroatoms. The third-order valence-corrected chi connectivity index (χ3v) is 1.86. The van der Waals surface area contributed by atoms with E-state index in [9.17, 15) is 13.2 Å². The van der Waals surface area contributed by atoms with Crippen molar-refractivity contribution in [2.75, 3.05) is 7.11 Å². The molecule has 1 rings (SSSR count). The van der Waals surface area contributed by atoms with Crippen molar-refractivity contribution in [2.45, 2.75) is 19.0 Å². The van der Waals surface area contributed by atoms with E-state index in [1.165, 1.54) is 7.11 Å². The van der Waals surface area contributed by atoms with Crippen molar-refractivity contribution in [3.8, 4) is 5.75 Å². The average molecular weight is 204 g/mol. The molecule has 0 aliphatic carbocycles. The number of benzene rings is 1. The summed E-state index contributed by atoms with van der Waals surface area (Å²) in [6, 6.07) is 6.60. The predicted octanol–water partition coefficient (Wildman–Crippen LogP) is 3.19. The summed E-state index contributed by atoms with van der Waals surface area (Å²) in [5.41, 5.74) is 0.670. The zero-order valence-electron chi connectivity index (χ0n) is 7.77. The SMILES string of the molecule is COc1ccc(CCC(F)(F)F)cc1. The molecule has 0 aliphatic heterocycles. The zero-order chi connectivity index (χ0) is 10.6. The first-order valence-electron chi connectivity index (χ1n) is 4.21. The Kier molecular flexibility index (Phi) is 3.38. The van der Waals surface area contributed by atoms with Gasteiger partial charge in [-0.2, -0.15) is 13.2 Å². The van der Waals surface area contributed by atoms with E-state index in [0.717, 1.165) is 0 Å². The first-order chi connectivity index (χ1) is 6.51. The van der Waals surface area contributed by atoms with Crippen LogP contribution in [0, 0.1) is 0 Å². The molecule has 0 amide bonds. The average Bonchev–Trinajstić information content (AvgIpc) is 2.14. The van der Waals surface area contributed by atoms with E-state index < -0.39 is 12.6 Å². The molecule has 1 aromatic rings. The summed E-state index contributed by atoms with van der Waals surface area (Å²) in [5, 5.41) is 0. The summed E-state index contributed by atoms with van der Waals surface area (Å²) >= 11 is 0. The van der Waals surface area contributed by atoms with Crippen molar-refractivity contribution in [3.05, 3.63) is 29.8 Å². The lowest BCUT2D eigenvalue weighted by molar-refractivity contribution is -0.133. The molecule has 0 atom stereocenters. The Morgan fingerprint density at radius 1 is 1.14 bits per heavy atom. The van der Waals surface area contributed by atoms with Gasteiger partial charge in [0.15, 0.2) is 0 Å². The van der Waals surface area contributed by atoms with Crippen molar-refractivity contribution >= 4 is 0 Å². The molecule has 1 nitrogen and oxygen atoms in total. The van der Waals surface area contributed by atoms with Crippen LogP contribution in [0.25, 0.3) is 0 Å². The van der Waals surface area contributed by atoms with Crippen LogP contribution in [0.5, 0.6) is 5.75 Å². The lowest BCUT2D eigenvalue weighted by Crippen LogP contribution is -2.08. The second-order valence-electron chi connectivity index (χ2n) is 2.96. The standard InChI is InChI=1S/C10H11F3O/c1-14-9-4-2-8(3-5-9)6-7-10(11,12)13/h2-5H,6-7H2,1H3. The molecule has 0 radical (unpaired) electrons. The topological polar surface area (TPSA) is 9.23 Å². The van der Waals surface area contributed by atoms with Crippen LogP contribution in [0.4, 0.5) is 13.2 Å². The van der Waals surface area contributed by atoms with Crippen LogP contribution >= 0.6 is 0 Å². The van der Waals surface area contributed by atoms with E-state index in [2.05, 4.69) is 0 Å². The minimum Gasteiger partial charge on any atom is -0.497 e. The van der Waals surface area contributed by atoms with Gasteiger partial charge in [0, 0.05) is 6.42 Å². The first kappa shape index (κ1) is 10.9. The molecule has 78 valence electrons. The van der Waals surface area contributed by atoms with Gasteiger partial charge in [-0.1, -0.05) is 12.1 Å². The van der Waals surface area contributed by atoms with Gasteiger partial charge in [0.2, 0.25) is 0 Å². The summed E-state index contributed by atoms with van der Waals surface area (Å²) in [4.78, 5) is 0. The number of aryl methyl sites for hydroxylation is 1. The lowest BCUT2D eigenvalue weighted by Gasteiger charge is -2.06.